The molecule has 1 aromatic rings. The van der Waals surface area contributed by atoms with Crippen molar-refractivity contribution in [3.8, 4) is 0 Å². The van der Waals surface area contributed by atoms with Crippen LogP contribution in [0, 0.1) is 0 Å². The monoisotopic (exact) mass is 147 g/mol. The van der Waals surface area contributed by atoms with Crippen LogP contribution in [0.15, 0.2) is 29.9 Å². The first-order chi connectivity index (χ1) is 5.36. The van der Waals surface area contributed by atoms with E-state index < -0.39 is 0 Å². The second-order valence-electron chi connectivity index (χ2n) is 2.34. The third kappa shape index (κ3) is 1.02. The zero-order chi connectivity index (χ0) is 7.68. The Kier molecular flexibility index (Phi) is 1.25. The van der Waals surface area contributed by atoms with Gasteiger partial charge in [0.1, 0.15) is 11.4 Å². The number of rotatable bonds is 1. The van der Waals surface area contributed by atoms with Crippen molar-refractivity contribution in [2.75, 3.05) is 0 Å². The molecule has 0 bridgehead atoms. The molecule has 1 aliphatic heterocycles. The standard InChI is InChI=1S/C7H7N4/c1-11-4-7(8-5-11)6-2-3-9-10-6/h2-5H,1H3. The molecule has 1 radical (unpaired) electrons. The fourth-order valence-electron chi connectivity index (χ4n) is 0.915. The van der Waals surface area contributed by atoms with Crippen LogP contribution in [0.3, 0.4) is 0 Å². The highest BCUT2D eigenvalue weighted by Gasteiger charge is 2.06. The first-order valence-electron chi connectivity index (χ1n) is 3.29. The Hall–Kier alpha value is -1.58. The van der Waals surface area contributed by atoms with Gasteiger partial charge in [0.2, 0.25) is 0 Å². The lowest BCUT2D eigenvalue weighted by Crippen LogP contribution is -1.94. The summed E-state index contributed by atoms with van der Waals surface area (Å²) in [4.78, 5) is 4.12. The van der Waals surface area contributed by atoms with E-state index in [4.69, 9.17) is 0 Å². The van der Waals surface area contributed by atoms with Gasteiger partial charge in [0.25, 0.3) is 0 Å². The molecule has 0 saturated heterocycles. The van der Waals surface area contributed by atoms with E-state index in [9.17, 15) is 0 Å². The van der Waals surface area contributed by atoms with Gasteiger partial charge in [-0.05, 0) is 6.08 Å². The summed E-state index contributed by atoms with van der Waals surface area (Å²) in [5.41, 5.74) is 5.40. The van der Waals surface area contributed by atoms with Gasteiger partial charge in [-0.2, -0.15) is 5.43 Å². The average molecular weight is 147 g/mol. The Morgan fingerprint density at radius 3 is 2.91 bits per heavy atom. The number of aryl methyl sites for hydroxylation is 1. The van der Waals surface area contributed by atoms with Crippen LogP contribution in [0.25, 0.3) is 0 Å². The van der Waals surface area contributed by atoms with Crippen molar-refractivity contribution in [2.24, 2.45) is 12.1 Å². The van der Waals surface area contributed by atoms with Crippen LogP contribution in [-0.4, -0.2) is 15.3 Å². The van der Waals surface area contributed by atoms with Gasteiger partial charge < -0.3 is 4.57 Å². The van der Waals surface area contributed by atoms with Crippen molar-refractivity contribution in [3.05, 3.63) is 30.5 Å². The fourth-order valence-corrected chi connectivity index (χ4v) is 0.915. The Balaban J connectivity index is 2.36. The maximum absolute atomic E-state index is 4.12. The van der Waals surface area contributed by atoms with E-state index in [1.807, 2.05) is 23.9 Å². The van der Waals surface area contributed by atoms with Crippen molar-refractivity contribution < 1.29 is 0 Å². The van der Waals surface area contributed by atoms with Crippen LogP contribution < -0.4 is 5.43 Å². The first kappa shape index (κ1) is 6.15. The molecular formula is C7H7N4. The zero-order valence-electron chi connectivity index (χ0n) is 6.10. The van der Waals surface area contributed by atoms with Crippen molar-refractivity contribution in [1.82, 2.24) is 15.0 Å². The Morgan fingerprint density at radius 1 is 1.45 bits per heavy atom. The van der Waals surface area contributed by atoms with Gasteiger partial charge in [0, 0.05) is 13.2 Å². The molecule has 4 nitrogen and oxygen atoms in total. The van der Waals surface area contributed by atoms with Gasteiger partial charge in [-0.15, -0.1) is 5.10 Å². The summed E-state index contributed by atoms with van der Waals surface area (Å²) in [7, 11) is 1.92. The molecule has 1 aliphatic rings. The predicted molar refractivity (Wildman–Crippen MR) is 41.0 cm³/mol. The summed E-state index contributed by atoms with van der Waals surface area (Å²) in [5.74, 6) is 0. The molecule has 0 atom stereocenters. The van der Waals surface area contributed by atoms with Crippen molar-refractivity contribution >= 4 is 5.71 Å². The normalized spacial score (nSPS) is 14.8. The molecule has 2 rings (SSSR count). The molecule has 0 aliphatic carbocycles. The van der Waals surface area contributed by atoms with Gasteiger partial charge in [0.05, 0.1) is 12.5 Å². The molecule has 2 heterocycles. The minimum absolute atomic E-state index is 0.825. The summed E-state index contributed by atoms with van der Waals surface area (Å²) in [5, 5.41) is 3.87. The van der Waals surface area contributed by atoms with Crippen LogP contribution >= 0.6 is 0 Å². The van der Waals surface area contributed by atoms with Crippen LogP contribution in [-0.2, 0) is 7.05 Å². The summed E-state index contributed by atoms with van der Waals surface area (Å²) in [6.07, 6.45) is 7.14. The average Bonchev–Trinajstić information content (AvgIpc) is 2.55. The summed E-state index contributed by atoms with van der Waals surface area (Å²) >= 11 is 0. The van der Waals surface area contributed by atoms with Crippen LogP contribution in [0.4, 0.5) is 0 Å². The topological polar surface area (TPSA) is 44.3 Å². The molecule has 0 unspecified atom stereocenters. The highest BCUT2D eigenvalue weighted by molar-refractivity contribution is 6.07. The smallest absolute Gasteiger partial charge is 0.114 e. The van der Waals surface area contributed by atoms with E-state index >= 15 is 0 Å². The lowest BCUT2D eigenvalue weighted by Gasteiger charge is -1.86. The first-order valence-corrected chi connectivity index (χ1v) is 3.29. The van der Waals surface area contributed by atoms with E-state index in [1.165, 1.54) is 0 Å². The number of aromatic nitrogens is 2. The van der Waals surface area contributed by atoms with Crippen LogP contribution in [0.2, 0.25) is 0 Å². The quantitative estimate of drug-likeness (QED) is 0.561. The van der Waals surface area contributed by atoms with E-state index in [2.05, 4.69) is 15.5 Å². The molecule has 0 spiro atoms. The zero-order valence-corrected chi connectivity index (χ0v) is 6.10. The Labute approximate surface area is 64.2 Å². The molecule has 0 aromatic carbocycles. The SMILES string of the molecule is Cn1cnc(C2=N[N]C=C2)c1. The highest BCUT2D eigenvalue weighted by Crippen LogP contribution is 2.01. The van der Waals surface area contributed by atoms with E-state index in [0.717, 1.165) is 11.4 Å². The molecule has 1 aromatic heterocycles. The molecule has 0 fully saturated rings. The number of hydrogen-bond acceptors (Lipinski definition) is 2. The third-order valence-electron chi connectivity index (χ3n) is 1.43. The molecule has 0 N–H and O–H groups in total. The van der Waals surface area contributed by atoms with Crippen molar-refractivity contribution in [3.63, 3.8) is 0 Å². The van der Waals surface area contributed by atoms with E-state index in [-0.39, 0.29) is 0 Å². The second kappa shape index (κ2) is 2.23. The lowest BCUT2D eigenvalue weighted by atomic mass is 10.3. The largest absolute Gasteiger partial charge is 0.340 e. The Bertz CT molecular complexity index is 321. The molecular weight excluding hydrogens is 140 g/mol. The minimum Gasteiger partial charge on any atom is -0.340 e. The number of allylic oxidation sites excluding steroid dienone is 1. The van der Waals surface area contributed by atoms with E-state index in [0.29, 0.717) is 0 Å². The molecule has 0 saturated carbocycles. The third-order valence-corrected chi connectivity index (χ3v) is 1.43. The van der Waals surface area contributed by atoms with Gasteiger partial charge in [0.15, 0.2) is 0 Å². The second-order valence-corrected chi connectivity index (χ2v) is 2.34. The molecule has 4 heteroatoms. The van der Waals surface area contributed by atoms with Gasteiger partial charge in [-0.25, -0.2) is 4.98 Å². The summed E-state index contributed by atoms with van der Waals surface area (Å²) in [6.45, 7) is 0. The highest BCUT2D eigenvalue weighted by atomic mass is 15.3. The maximum atomic E-state index is 4.12. The minimum atomic E-state index is 0.825. The molecule has 55 valence electrons. The molecule has 11 heavy (non-hydrogen) atoms. The van der Waals surface area contributed by atoms with Crippen LogP contribution in [0.1, 0.15) is 5.69 Å². The molecule has 0 amide bonds. The summed E-state index contributed by atoms with van der Waals surface area (Å²) < 4.78 is 1.88. The fraction of sp³-hybridized carbons (Fsp3) is 0.143. The van der Waals surface area contributed by atoms with E-state index in [1.54, 1.807) is 12.5 Å². The number of hydrogen-bond donors (Lipinski definition) is 0. The van der Waals surface area contributed by atoms with Gasteiger partial charge in [-0.3, -0.25) is 0 Å². The van der Waals surface area contributed by atoms with Crippen molar-refractivity contribution in [2.45, 2.75) is 0 Å². The number of imidazole rings is 1. The lowest BCUT2D eigenvalue weighted by molar-refractivity contribution is 0.913. The Morgan fingerprint density at radius 2 is 2.36 bits per heavy atom. The number of nitrogens with zero attached hydrogens (tertiary/aromatic N) is 4. The summed E-state index contributed by atoms with van der Waals surface area (Å²) in [6, 6.07) is 0. The predicted octanol–water partition coefficient (Wildman–Crippen LogP) is 0.256. The van der Waals surface area contributed by atoms with Crippen LogP contribution in [0.5, 0.6) is 0 Å². The maximum Gasteiger partial charge on any atom is 0.114 e. The van der Waals surface area contributed by atoms with Gasteiger partial charge in [-0.1, -0.05) is 0 Å². The van der Waals surface area contributed by atoms with Gasteiger partial charge >= 0.3 is 0 Å². The van der Waals surface area contributed by atoms with Crippen molar-refractivity contribution in [1.29, 1.82) is 0 Å².